The van der Waals surface area contributed by atoms with E-state index in [4.69, 9.17) is 25.8 Å². The van der Waals surface area contributed by atoms with E-state index in [1.807, 2.05) is 26.2 Å². The molecular weight excluding hydrogens is 736 g/mol. The van der Waals surface area contributed by atoms with Gasteiger partial charge in [-0.25, -0.2) is 13.1 Å². The fraction of sp³-hybridized carbons (Fsp3) is 0.698. The number of nitrogens with one attached hydrogen (secondary N) is 1. The average molecular weight is 798 g/mol. The van der Waals surface area contributed by atoms with Crippen LogP contribution in [0.5, 0.6) is 5.75 Å². The fourth-order valence-electron chi connectivity index (χ4n) is 11.0. The zero-order chi connectivity index (χ0) is 38.6. The Hall–Kier alpha value is -2.41. The van der Waals surface area contributed by atoms with E-state index in [9.17, 15) is 13.2 Å². The first-order valence-electron chi connectivity index (χ1n) is 20.8. The number of piperazine rings is 1. The van der Waals surface area contributed by atoms with Crippen molar-refractivity contribution in [3.8, 4) is 5.75 Å². The molecule has 2 saturated carbocycles. The van der Waals surface area contributed by atoms with Gasteiger partial charge in [0.25, 0.3) is 5.91 Å². The number of benzene rings is 1. The van der Waals surface area contributed by atoms with Crippen molar-refractivity contribution in [1.29, 1.82) is 0 Å². The second kappa shape index (κ2) is 15.4. The third kappa shape index (κ3) is 7.33. The predicted octanol–water partition coefficient (Wildman–Crippen LogP) is 6.38. The first-order valence-corrected chi connectivity index (χ1v) is 22.7. The molecule has 1 aromatic rings. The second-order valence-electron chi connectivity index (χ2n) is 18.0. The lowest BCUT2D eigenvalue weighted by atomic mass is 9.52. The van der Waals surface area contributed by atoms with Crippen LogP contribution in [-0.2, 0) is 19.5 Å². The highest BCUT2D eigenvalue weighted by molar-refractivity contribution is 7.90. The molecule has 0 aromatic heterocycles. The van der Waals surface area contributed by atoms with Crippen LogP contribution in [-0.4, -0.2) is 114 Å². The number of rotatable bonds is 4. The number of methoxy groups -OCH3 is 1. The van der Waals surface area contributed by atoms with Crippen molar-refractivity contribution in [2.75, 3.05) is 77.6 Å². The van der Waals surface area contributed by atoms with Gasteiger partial charge in [-0.05, 0) is 100 Å². The van der Waals surface area contributed by atoms with Gasteiger partial charge in [0.05, 0.1) is 36.4 Å². The van der Waals surface area contributed by atoms with Crippen LogP contribution in [0.1, 0.15) is 82.5 Å². The molecule has 8 atom stereocenters. The summed E-state index contributed by atoms with van der Waals surface area (Å²) >= 11 is 6.62. The minimum atomic E-state index is -3.96. The van der Waals surface area contributed by atoms with Gasteiger partial charge in [0, 0.05) is 80.4 Å². The minimum Gasteiger partial charge on any atom is -0.491 e. The van der Waals surface area contributed by atoms with Gasteiger partial charge < -0.3 is 24.0 Å². The normalized spacial score (nSPS) is 38.8. The van der Waals surface area contributed by atoms with E-state index in [2.05, 4.69) is 50.6 Å². The van der Waals surface area contributed by atoms with Gasteiger partial charge in [-0.3, -0.25) is 9.69 Å². The third-order valence-electron chi connectivity index (χ3n) is 15.2. The van der Waals surface area contributed by atoms with Crippen LogP contribution in [0, 0.1) is 28.6 Å². The molecule has 1 aromatic carbocycles. The highest BCUT2D eigenvalue weighted by Gasteiger charge is 2.56. The molecule has 10 nitrogen and oxygen atoms in total. The maximum absolute atomic E-state index is 13.7. The topological polar surface area (TPSA) is 101 Å². The lowest BCUT2D eigenvalue weighted by Gasteiger charge is -2.56. The Morgan fingerprint density at radius 3 is 2.78 bits per heavy atom. The first kappa shape index (κ1) is 39.4. The average Bonchev–Trinajstić information content (AvgIpc) is 3.32. The highest BCUT2D eigenvalue weighted by Crippen LogP contribution is 2.60. The molecule has 8 rings (SSSR count). The van der Waals surface area contributed by atoms with E-state index in [-0.39, 0.29) is 22.7 Å². The number of fused-ring (bicyclic) bond motifs is 5. The van der Waals surface area contributed by atoms with Gasteiger partial charge in [0.2, 0.25) is 10.0 Å². The highest BCUT2D eigenvalue weighted by atomic mass is 35.5. The molecule has 7 aliphatic rings. The molecule has 1 spiro atoms. The summed E-state index contributed by atoms with van der Waals surface area (Å²) in [7, 11) is -2.09. The third-order valence-corrected chi connectivity index (χ3v) is 17.4. The van der Waals surface area contributed by atoms with E-state index >= 15 is 0 Å². The summed E-state index contributed by atoms with van der Waals surface area (Å²) in [4.78, 5) is 21.4. The molecule has 1 amide bonds. The number of halogens is 1. The zero-order valence-electron chi connectivity index (χ0n) is 33.2. The molecule has 302 valence electrons. The van der Waals surface area contributed by atoms with Crippen molar-refractivity contribution in [2.45, 2.75) is 89.0 Å². The zero-order valence-corrected chi connectivity index (χ0v) is 34.8. The van der Waals surface area contributed by atoms with Gasteiger partial charge in [-0.1, -0.05) is 49.2 Å². The first-order chi connectivity index (χ1) is 26.4. The number of carbonyl (C=O) groups excluding carboxylic acids is 1. The molecule has 0 radical (unpaired) electrons. The Kier molecular flexibility index (Phi) is 11.0. The summed E-state index contributed by atoms with van der Waals surface area (Å²) in [5.74, 6) is 0.550. The standard InChI is InChI=1S/C43H61ClN4O6S/c1-30-7-5-15-43(52-4,17-18-46-19-20-47-21-22-53-27-36(47)26-46)37-11-9-33(37)25-48-28-42(14-6-8-34-24-35(44)13-16-41(34,42)3)29-54-39-12-10-32(23-38(39)48)40(49)45-55(50,51)31(30)2/h5,10,12-13,15,23-24,30-31,33,36-37H,6-9,11,14,16-22,25-29H2,1-4H3,(H,45,49)/b15-5+/t30-,31+,33-,36-,37+,41?,42-,43+/m0/s1. The largest absolute Gasteiger partial charge is 0.491 e. The molecule has 2 saturated heterocycles. The van der Waals surface area contributed by atoms with Crippen LogP contribution in [0.15, 0.2) is 53.1 Å². The van der Waals surface area contributed by atoms with Gasteiger partial charge in [0.15, 0.2) is 0 Å². The summed E-state index contributed by atoms with van der Waals surface area (Å²) in [6, 6.07) is 5.88. The molecule has 2 bridgehead atoms. The maximum Gasteiger partial charge on any atom is 0.264 e. The SMILES string of the molecule is CO[C@@]1(CCN2CCN3CCOC[C@@H]3C2)/C=C/C[C@H](C)[C@@H](C)S(=O)(=O)NC(=O)c2ccc3c(c2)N(C[C@@H]2CC[C@H]21)C[C@@]1(CCCC2=CC(Cl)=CCC21C)CO3. The van der Waals surface area contributed by atoms with Crippen LogP contribution in [0.25, 0.3) is 0 Å². The Morgan fingerprint density at radius 1 is 1.13 bits per heavy atom. The number of morpholine rings is 1. The molecule has 1 N–H and O–H groups in total. The van der Waals surface area contributed by atoms with E-state index in [1.165, 1.54) is 5.57 Å². The molecule has 4 heterocycles. The van der Waals surface area contributed by atoms with Crippen LogP contribution in [0.3, 0.4) is 0 Å². The second-order valence-corrected chi connectivity index (χ2v) is 20.5. The number of nitrogens with zero attached hydrogens (tertiary/aromatic N) is 3. The van der Waals surface area contributed by atoms with E-state index in [1.54, 1.807) is 13.0 Å². The number of sulfonamides is 1. The minimum absolute atomic E-state index is 0.131. The monoisotopic (exact) mass is 796 g/mol. The summed E-state index contributed by atoms with van der Waals surface area (Å²) in [5, 5.41) is 0.0428. The van der Waals surface area contributed by atoms with Crippen molar-refractivity contribution in [2.24, 2.45) is 28.6 Å². The molecule has 4 fully saturated rings. The number of amides is 1. The van der Waals surface area contributed by atoms with E-state index < -0.39 is 26.8 Å². The fourth-order valence-corrected chi connectivity index (χ4v) is 12.5. The molecule has 1 unspecified atom stereocenters. The van der Waals surface area contributed by atoms with Crippen LogP contribution < -0.4 is 14.4 Å². The van der Waals surface area contributed by atoms with Gasteiger partial charge >= 0.3 is 0 Å². The number of anilines is 1. The Balaban J connectivity index is 1.16. The number of allylic oxidation sites excluding steroid dienone is 5. The number of ether oxygens (including phenoxy) is 3. The van der Waals surface area contributed by atoms with Crippen molar-refractivity contribution >= 4 is 33.2 Å². The molecule has 3 aliphatic carbocycles. The van der Waals surface area contributed by atoms with Crippen molar-refractivity contribution < 1.29 is 27.4 Å². The van der Waals surface area contributed by atoms with Gasteiger partial charge in [0.1, 0.15) is 5.75 Å². The molecule has 4 aliphatic heterocycles. The lowest BCUT2D eigenvalue weighted by Crippen LogP contribution is -2.59. The predicted molar refractivity (Wildman–Crippen MR) is 217 cm³/mol. The molecule has 55 heavy (non-hydrogen) atoms. The van der Waals surface area contributed by atoms with Gasteiger partial charge in [-0.2, -0.15) is 0 Å². The number of carbonyl (C=O) groups is 1. The molecule has 12 heteroatoms. The van der Waals surface area contributed by atoms with Crippen LogP contribution in [0.2, 0.25) is 0 Å². The number of hydrogen-bond donors (Lipinski definition) is 1. The smallest absolute Gasteiger partial charge is 0.264 e. The maximum atomic E-state index is 13.7. The summed E-state index contributed by atoms with van der Waals surface area (Å²) in [6.45, 7) is 14.8. The van der Waals surface area contributed by atoms with Crippen LogP contribution in [0.4, 0.5) is 5.69 Å². The van der Waals surface area contributed by atoms with E-state index in [0.717, 1.165) is 120 Å². The van der Waals surface area contributed by atoms with Crippen molar-refractivity contribution in [1.82, 2.24) is 14.5 Å². The number of hydrogen-bond acceptors (Lipinski definition) is 9. The Labute approximate surface area is 333 Å². The quantitative estimate of drug-likeness (QED) is 0.349. The van der Waals surface area contributed by atoms with Crippen molar-refractivity contribution in [3.05, 3.63) is 58.7 Å². The van der Waals surface area contributed by atoms with Crippen LogP contribution >= 0.6 is 11.6 Å². The van der Waals surface area contributed by atoms with Gasteiger partial charge in [-0.15, -0.1) is 0 Å². The Morgan fingerprint density at radius 2 is 1.98 bits per heavy atom. The molecular formula is C43H61ClN4O6S. The summed E-state index contributed by atoms with van der Waals surface area (Å²) in [5.41, 5.74) is 1.75. The van der Waals surface area contributed by atoms with Crippen molar-refractivity contribution in [3.63, 3.8) is 0 Å². The Bertz CT molecular complexity index is 1840. The van der Waals surface area contributed by atoms with E-state index in [0.29, 0.717) is 30.6 Å². The summed E-state index contributed by atoms with van der Waals surface area (Å²) in [6.07, 6.45) is 16.3. The summed E-state index contributed by atoms with van der Waals surface area (Å²) < 4.78 is 49.2. The lowest BCUT2D eigenvalue weighted by molar-refractivity contribution is -0.0902.